The molecule has 2 rings (SSSR count). The summed E-state index contributed by atoms with van der Waals surface area (Å²) in [5.41, 5.74) is 7.30. The average Bonchev–Trinajstić information content (AvgIpc) is 2.65. The van der Waals surface area contributed by atoms with Crippen LogP contribution < -0.4 is 5.73 Å². The van der Waals surface area contributed by atoms with Gasteiger partial charge in [-0.3, -0.25) is 0 Å². The predicted octanol–water partition coefficient (Wildman–Crippen LogP) is 2.74. The maximum Gasteiger partial charge on any atom is 0.195 e. The highest BCUT2D eigenvalue weighted by Gasteiger charge is 2.15. The van der Waals surface area contributed by atoms with Crippen LogP contribution in [0, 0.1) is 19.7 Å². The van der Waals surface area contributed by atoms with Gasteiger partial charge in [-0.2, -0.15) is 0 Å². The molecular formula is C13H17FN4S. The zero-order valence-electron chi connectivity index (χ0n) is 11.4. The Morgan fingerprint density at radius 3 is 2.53 bits per heavy atom. The van der Waals surface area contributed by atoms with Gasteiger partial charge in [-0.25, -0.2) is 4.39 Å². The molecule has 0 aliphatic carbocycles. The lowest BCUT2D eigenvalue weighted by Gasteiger charge is -2.13. The van der Waals surface area contributed by atoms with Crippen LogP contribution in [-0.2, 0) is 7.05 Å². The molecule has 2 aromatic rings. The van der Waals surface area contributed by atoms with Gasteiger partial charge >= 0.3 is 0 Å². The first-order chi connectivity index (χ1) is 8.90. The first-order valence-corrected chi connectivity index (χ1v) is 6.81. The summed E-state index contributed by atoms with van der Waals surface area (Å²) in [6.07, 6.45) is 0. The lowest BCUT2D eigenvalue weighted by molar-refractivity contribution is 0.610. The average molecular weight is 280 g/mol. The summed E-state index contributed by atoms with van der Waals surface area (Å²) in [5.74, 6) is 0.606. The molecule has 102 valence electrons. The summed E-state index contributed by atoms with van der Waals surface area (Å²) in [5, 5.41) is 8.89. The molecule has 6 heteroatoms. The van der Waals surface area contributed by atoms with Crippen LogP contribution in [0.4, 0.5) is 4.39 Å². The number of aromatic nitrogens is 3. The van der Waals surface area contributed by atoms with E-state index in [1.807, 2.05) is 31.5 Å². The van der Waals surface area contributed by atoms with E-state index in [-0.39, 0.29) is 11.9 Å². The minimum Gasteiger partial charge on any atom is -0.324 e. The number of nitrogens with zero attached hydrogens (tertiary/aromatic N) is 3. The quantitative estimate of drug-likeness (QED) is 0.939. The number of aryl methyl sites for hydroxylation is 2. The molecule has 0 aliphatic rings. The van der Waals surface area contributed by atoms with Crippen molar-refractivity contribution in [1.29, 1.82) is 0 Å². The lowest BCUT2D eigenvalue weighted by atomic mass is 10.1. The Bertz CT molecular complexity index is 607. The van der Waals surface area contributed by atoms with Crippen LogP contribution in [0.3, 0.4) is 0 Å². The molecule has 1 aromatic heterocycles. The number of rotatable bonds is 3. The highest BCUT2D eigenvalue weighted by Crippen LogP contribution is 2.33. The van der Waals surface area contributed by atoms with Gasteiger partial charge in [0.15, 0.2) is 5.16 Å². The SMILES string of the molecule is Cc1cc(Sc2nnc(C)n2C)c([C@@H](C)N)cc1F. The fraction of sp³-hybridized carbons (Fsp3) is 0.385. The van der Waals surface area contributed by atoms with Gasteiger partial charge < -0.3 is 10.3 Å². The maximum absolute atomic E-state index is 13.6. The number of benzene rings is 1. The Morgan fingerprint density at radius 2 is 2.00 bits per heavy atom. The van der Waals surface area contributed by atoms with Gasteiger partial charge in [0.2, 0.25) is 0 Å². The highest BCUT2D eigenvalue weighted by atomic mass is 32.2. The molecule has 0 amide bonds. The fourth-order valence-electron chi connectivity index (χ4n) is 1.69. The molecule has 0 spiro atoms. The van der Waals surface area contributed by atoms with Crippen LogP contribution in [0.15, 0.2) is 22.2 Å². The molecule has 1 aromatic carbocycles. The molecule has 1 atom stereocenters. The summed E-state index contributed by atoms with van der Waals surface area (Å²) in [6, 6.07) is 3.08. The second-order valence-electron chi connectivity index (χ2n) is 4.62. The van der Waals surface area contributed by atoms with E-state index >= 15 is 0 Å². The molecule has 0 aliphatic heterocycles. The molecule has 0 fully saturated rings. The number of hydrogen-bond donors (Lipinski definition) is 1. The molecule has 1 heterocycles. The van der Waals surface area contributed by atoms with Crippen molar-refractivity contribution < 1.29 is 4.39 Å². The normalized spacial score (nSPS) is 12.7. The molecule has 2 N–H and O–H groups in total. The Labute approximate surface area is 116 Å². The fourth-order valence-corrected chi connectivity index (χ4v) is 2.84. The Morgan fingerprint density at radius 1 is 1.32 bits per heavy atom. The smallest absolute Gasteiger partial charge is 0.195 e. The molecule has 0 radical (unpaired) electrons. The highest BCUT2D eigenvalue weighted by molar-refractivity contribution is 7.99. The van der Waals surface area contributed by atoms with Gasteiger partial charge in [0.05, 0.1) is 0 Å². The van der Waals surface area contributed by atoms with E-state index in [4.69, 9.17) is 5.73 Å². The Hall–Kier alpha value is -1.40. The summed E-state index contributed by atoms with van der Waals surface area (Å²) < 4.78 is 15.5. The van der Waals surface area contributed by atoms with Crippen molar-refractivity contribution in [1.82, 2.24) is 14.8 Å². The number of nitrogens with two attached hydrogens (primary N) is 1. The van der Waals surface area contributed by atoms with Crippen molar-refractivity contribution in [3.8, 4) is 0 Å². The summed E-state index contributed by atoms with van der Waals surface area (Å²) >= 11 is 1.46. The summed E-state index contributed by atoms with van der Waals surface area (Å²) in [4.78, 5) is 0.921. The van der Waals surface area contributed by atoms with Gasteiger partial charge in [-0.1, -0.05) is 0 Å². The van der Waals surface area contributed by atoms with Crippen molar-refractivity contribution in [3.63, 3.8) is 0 Å². The number of hydrogen-bond acceptors (Lipinski definition) is 4. The van der Waals surface area contributed by atoms with Crippen LogP contribution >= 0.6 is 11.8 Å². The molecule has 4 nitrogen and oxygen atoms in total. The van der Waals surface area contributed by atoms with Crippen molar-refractivity contribution in [3.05, 3.63) is 34.9 Å². The van der Waals surface area contributed by atoms with Crippen LogP contribution in [0.2, 0.25) is 0 Å². The second kappa shape index (κ2) is 5.30. The molecule has 0 bridgehead atoms. The standard InChI is InChI=1S/C13H17FN4S/c1-7-5-12(10(8(2)15)6-11(7)14)19-13-17-16-9(3)18(13)4/h5-6,8H,15H2,1-4H3/t8-/m1/s1. The van der Waals surface area contributed by atoms with Crippen molar-refractivity contribution in [2.45, 2.75) is 36.9 Å². The van der Waals surface area contributed by atoms with Crippen molar-refractivity contribution in [2.75, 3.05) is 0 Å². The van der Waals surface area contributed by atoms with E-state index in [1.165, 1.54) is 17.8 Å². The van der Waals surface area contributed by atoms with E-state index in [2.05, 4.69) is 10.2 Å². The van der Waals surface area contributed by atoms with Gasteiger partial charge in [0.1, 0.15) is 11.6 Å². The van der Waals surface area contributed by atoms with Crippen LogP contribution in [-0.4, -0.2) is 14.8 Å². The minimum atomic E-state index is -0.231. The van der Waals surface area contributed by atoms with Crippen LogP contribution in [0.1, 0.15) is 29.9 Å². The second-order valence-corrected chi connectivity index (χ2v) is 5.63. The zero-order chi connectivity index (χ0) is 14.2. The predicted molar refractivity (Wildman–Crippen MR) is 73.6 cm³/mol. The molecule has 0 saturated heterocycles. The third kappa shape index (κ3) is 2.79. The monoisotopic (exact) mass is 280 g/mol. The molecule has 0 unspecified atom stereocenters. The maximum atomic E-state index is 13.6. The van der Waals surface area contributed by atoms with E-state index in [1.54, 1.807) is 6.92 Å². The Balaban J connectivity index is 2.44. The van der Waals surface area contributed by atoms with E-state index in [9.17, 15) is 4.39 Å². The molecule has 19 heavy (non-hydrogen) atoms. The number of halogens is 1. The van der Waals surface area contributed by atoms with Gasteiger partial charge in [-0.05, 0) is 55.8 Å². The largest absolute Gasteiger partial charge is 0.324 e. The summed E-state index contributed by atoms with van der Waals surface area (Å²) in [7, 11) is 1.90. The van der Waals surface area contributed by atoms with Gasteiger partial charge in [-0.15, -0.1) is 10.2 Å². The Kier molecular flexibility index (Phi) is 3.91. The molecule has 0 saturated carbocycles. The first-order valence-electron chi connectivity index (χ1n) is 5.99. The first kappa shape index (κ1) is 14.0. The third-order valence-corrected chi connectivity index (χ3v) is 4.15. The van der Waals surface area contributed by atoms with Crippen molar-refractivity contribution in [2.24, 2.45) is 12.8 Å². The van der Waals surface area contributed by atoms with E-state index < -0.39 is 0 Å². The van der Waals surface area contributed by atoms with E-state index in [0.29, 0.717) is 5.56 Å². The molecular weight excluding hydrogens is 263 g/mol. The van der Waals surface area contributed by atoms with Crippen molar-refractivity contribution >= 4 is 11.8 Å². The third-order valence-electron chi connectivity index (χ3n) is 3.04. The minimum absolute atomic E-state index is 0.230. The van der Waals surface area contributed by atoms with Gasteiger partial charge in [0.25, 0.3) is 0 Å². The van der Waals surface area contributed by atoms with Crippen LogP contribution in [0.5, 0.6) is 0 Å². The van der Waals surface area contributed by atoms with Gasteiger partial charge in [0, 0.05) is 18.0 Å². The summed E-state index contributed by atoms with van der Waals surface area (Å²) in [6.45, 7) is 5.47. The van der Waals surface area contributed by atoms with E-state index in [0.717, 1.165) is 21.4 Å². The zero-order valence-corrected chi connectivity index (χ0v) is 12.3. The van der Waals surface area contributed by atoms with Crippen LogP contribution in [0.25, 0.3) is 0 Å². The topological polar surface area (TPSA) is 56.7 Å². The lowest BCUT2D eigenvalue weighted by Crippen LogP contribution is -2.08.